The lowest BCUT2D eigenvalue weighted by molar-refractivity contribution is -0.112. The fourth-order valence-corrected chi connectivity index (χ4v) is 4.13. The van der Waals surface area contributed by atoms with Crippen molar-refractivity contribution in [2.45, 2.75) is 59.5 Å². The van der Waals surface area contributed by atoms with Crippen LogP contribution in [0.2, 0.25) is 0 Å². The molecule has 1 aromatic carbocycles. The van der Waals surface area contributed by atoms with E-state index in [2.05, 4.69) is 45.7 Å². The van der Waals surface area contributed by atoms with Gasteiger partial charge in [0.1, 0.15) is 5.60 Å². The monoisotopic (exact) mass is 400 g/mol. The maximum Gasteiger partial charge on any atom is 0.252 e. The number of thiazole rings is 1. The average Bonchev–Trinajstić information content (AvgIpc) is 3.18. The first-order valence-electron chi connectivity index (χ1n) is 9.69. The smallest absolute Gasteiger partial charge is 0.252 e. The van der Waals surface area contributed by atoms with Crippen molar-refractivity contribution in [1.29, 1.82) is 0 Å². The zero-order valence-corrected chi connectivity index (χ0v) is 18.1. The molecular formula is C22H28N2O3S. The third-order valence-corrected chi connectivity index (χ3v) is 5.60. The fraction of sp³-hybridized carbons (Fsp3) is 0.455. The van der Waals surface area contributed by atoms with E-state index in [0.717, 1.165) is 52.5 Å². The van der Waals surface area contributed by atoms with E-state index in [0.29, 0.717) is 17.3 Å². The van der Waals surface area contributed by atoms with Crippen LogP contribution in [0.4, 0.5) is 5.13 Å². The zero-order chi connectivity index (χ0) is 20.5. The van der Waals surface area contributed by atoms with Crippen LogP contribution in [0.15, 0.2) is 24.3 Å². The Labute approximate surface area is 170 Å². The molecule has 5 nitrogen and oxygen atoms in total. The Morgan fingerprint density at radius 2 is 2.14 bits per heavy atom. The first kappa shape index (κ1) is 20.4. The van der Waals surface area contributed by atoms with Crippen LogP contribution >= 0.6 is 11.3 Å². The van der Waals surface area contributed by atoms with Gasteiger partial charge in [-0.2, -0.15) is 0 Å². The molecule has 150 valence electrons. The standard InChI is InChI=1S/C22H28N2O3S/c1-7-9-26-16-11-14(10-15-12-22(5,6)27-19(15)16)18-17(8-2)28-21(23-18)24-20(25)13(3)4/h10-11H,3,7-9,12H2,1-2,4-6H3,(H,23,24,25). The minimum atomic E-state index is -0.248. The Balaban J connectivity index is 2.03. The predicted octanol–water partition coefficient (Wildman–Crippen LogP) is 5.39. The Morgan fingerprint density at radius 3 is 2.79 bits per heavy atom. The molecular weight excluding hydrogens is 372 g/mol. The van der Waals surface area contributed by atoms with Gasteiger partial charge in [0, 0.05) is 28.0 Å². The molecule has 0 bridgehead atoms. The Bertz CT molecular complexity index is 915. The topological polar surface area (TPSA) is 60.5 Å². The number of carbonyl (C=O) groups excluding carboxylic acids is 1. The number of amides is 1. The highest BCUT2D eigenvalue weighted by molar-refractivity contribution is 7.16. The molecule has 1 aliphatic heterocycles. The molecule has 0 unspecified atom stereocenters. The summed E-state index contributed by atoms with van der Waals surface area (Å²) < 4.78 is 12.1. The van der Waals surface area contributed by atoms with Gasteiger partial charge in [-0.1, -0.05) is 20.4 Å². The van der Waals surface area contributed by atoms with Gasteiger partial charge >= 0.3 is 0 Å². The molecule has 3 rings (SSSR count). The van der Waals surface area contributed by atoms with Gasteiger partial charge in [0.25, 0.3) is 5.91 Å². The molecule has 0 aliphatic carbocycles. The minimum Gasteiger partial charge on any atom is -0.490 e. The lowest BCUT2D eigenvalue weighted by Crippen LogP contribution is -2.24. The number of hydrogen-bond donors (Lipinski definition) is 1. The lowest BCUT2D eigenvalue weighted by Gasteiger charge is -2.18. The number of benzene rings is 1. The molecule has 1 amide bonds. The van der Waals surface area contributed by atoms with Gasteiger partial charge < -0.3 is 9.47 Å². The van der Waals surface area contributed by atoms with Gasteiger partial charge in [-0.15, -0.1) is 11.3 Å². The second-order valence-electron chi connectivity index (χ2n) is 7.73. The van der Waals surface area contributed by atoms with E-state index in [1.54, 1.807) is 6.92 Å². The fourth-order valence-electron chi connectivity index (χ4n) is 3.21. The molecule has 1 aliphatic rings. The number of ether oxygens (including phenoxy) is 2. The molecule has 6 heteroatoms. The molecule has 0 radical (unpaired) electrons. The molecule has 2 aromatic rings. The summed E-state index contributed by atoms with van der Waals surface area (Å²) in [5.41, 5.74) is 3.23. The van der Waals surface area contributed by atoms with Gasteiger partial charge in [0.15, 0.2) is 16.6 Å². The quantitative estimate of drug-likeness (QED) is 0.633. The molecule has 0 saturated carbocycles. The van der Waals surface area contributed by atoms with Gasteiger partial charge in [-0.05, 0) is 45.7 Å². The first-order chi connectivity index (χ1) is 13.2. The molecule has 0 fully saturated rings. The van der Waals surface area contributed by atoms with Crippen molar-refractivity contribution >= 4 is 22.4 Å². The highest BCUT2D eigenvalue weighted by atomic mass is 32.1. The number of nitrogens with zero attached hydrogens (tertiary/aromatic N) is 1. The minimum absolute atomic E-state index is 0.209. The second kappa shape index (κ2) is 7.95. The Morgan fingerprint density at radius 1 is 1.39 bits per heavy atom. The number of aryl methyl sites for hydroxylation is 1. The van der Waals surface area contributed by atoms with Gasteiger partial charge in [0.05, 0.1) is 12.3 Å². The van der Waals surface area contributed by atoms with E-state index in [-0.39, 0.29) is 11.5 Å². The number of hydrogen-bond acceptors (Lipinski definition) is 5. The molecule has 2 heterocycles. The van der Waals surface area contributed by atoms with Crippen LogP contribution in [0.1, 0.15) is 51.5 Å². The van der Waals surface area contributed by atoms with E-state index in [1.165, 1.54) is 11.3 Å². The van der Waals surface area contributed by atoms with Crippen LogP contribution in [-0.4, -0.2) is 23.1 Å². The van der Waals surface area contributed by atoms with Crippen LogP contribution < -0.4 is 14.8 Å². The molecule has 0 spiro atoms. The summed E-state index contributed by atoms with van der Waals surface area (Å²) in [6.45, 7) is 14.4. The zero-order valence-electron chi connectivity index (χ0n) is 17.3. The van der Waals surface area contributed by atoms with Crippen molar-refractivity contribution in [1.82, 2.24) is 4.98 Å². The van der Waals surface area contributed by atoms with Crippen LogP contribution in [0.5, 0.6) is 11.5 Å². The molecule has 0 atom stereocenters. The summed E-state index contributed by atoms with van der Waals surface area (Å²) in [5.74, 6) is 1.40. The van der Waals surface area contributed by atoms with Crippen molar-refractivity contribution in [3.63, 3.8) is 0 Å². The van der Waals surface area contributed by atoms with E-state index >= 15 is 0 Å². The number of nitrogens with one attached hydrogen (secondary N) is 1. The van der Waals surface area contributed by atoms with E-state index in [1.807, 2.05) is 6.07 Å². The third kappa shape index (κ3) is 4.22. The molecule has 28 heavy (non-hydrogen) atoms. The summed E-state index contributed by atoms with van der Waals surface area (Å²) in [7, 11) is 0. The number of fused-ring (bicyclic) bond motifs is 1. The Kier molecular flexibility index (Phi) is 5.79. The average molecular weight is 401 g/mol. The van der Waals surface area contributed by atoms with Crippen LogP contribution in [0, 0.1) is 0 Å². The normalized spacial score (nSPS) is 14.3. The first-order valence-corrected chi connectivity index (χ1v) is 10.5. The van der Waals surface area contributed by atoms with Gasteiger partial charge in [-0.3, -0.25) is 10.1 Å². The summed E-state index contributed by atoms with van der Waals surface area (Å²) in [4.78, 5) is 17.8. The van der Waals surface area contributed by atoms with Crippen molar-refractivity contribution in [2.24, 2.45) is 0 Å². The summed E-state index contributed by atoms with van der Waals surface area (Å²) in [5, 5.41) is 3.42. The van der Waals surface area contributed by atoms with Crippen molar-refractivity contribution in [3.05, 3.63) is 34.7 Å². The summed E-state index contributed by atoms with van der Waals surface area (Å²) >= 11 is 1.50. The maximum absolute atomic E-state index is 12.0. The number of anilines is 1. The molecule has 1 N–H and O–H groups in total. The van der Waals surface area contributed by atoms with E-state index in [9.17, 15) is 4.79 Å². The van der Waals surface area contributed by atoms with E-state index < -0.39 is 0 Å². The van der Waals surface area contributed by atoms with Crippen molar-refractivity contribution in [2.75, 3.05) is 11.9 Å². The SMILES string of the molecule is C=C(C)C(=O)Nc1nc(-c2cc3c(c(OCCC)c2)OC(C)(C)C3)c(CC)s1. The highest BCUT2D eigenvalue weighted by Gasteiger charge is 2.33. The van der Waals surface area contributed by atoms with Crippen LogP contribution in [-0.2, 0) is 17.6 Å². The van der Waals surface area contributed by atoms with Crippen LogP contribution in [0.25, 0.3) is 11.3 Å². The van der Waals surface area contributed by atoms with Crippen molar-refractivity contribution in [3.8, 4) is 22.8 Å². The molecule has 1 aromatic heterocycles. The summed E-state index contributed by atoms with van der Waals surface area (Å²) in [6.07, 6.45) is 2.58. The summed E-state index contributed by atoms with van der Waals surface area (Å²) in [6, 6.07) is 4.15. The molecule has 0 saturated heterocycles. The van der Waals surface area contributed by atoms with Gasteiger partial charge in [-0.25, -0.2) is 4.98 Å². The maximum atomic E-state index is 12.0. The van der Waals surface area contributed by atoms with Crippen LogP contribution in [0.3, 0.4) is 0 Å². The number of carbonyl (C=O) groups is 1. The largest absolute Gasteiger partial charge is 0.490 e. The lowest BCUT2D eigenvalue weighted by atomic mass is 9.98. The predicted molar refractivity (Wildman–Crippen MR) is 115 cm³/mol. The Hall–Kier alpha value is -2.34. The van der Waals surface area contributed by atoms with Gasteiger partial charge in [0.2, 0.25) is 0 Å². The van der Waals surface area contributed by atoms with Crippen molar-refractivity contribution < 1.29 is 14.3 Å². The van der Waals surface area contributed by atoms with E-state index in [4.69, 9.17) is 14.5 Å². The number of rotatable bonds is 7. The highest BCUT2D eigenvalue weighted by Crippen LogP contribution is 2.45. The number of aromatic nitrogens is 1. The second-order valence-corrected chi connectivity index (χ2v) is 8.81. The third-order valence-electron chi connectivity index (χ3n) is 4.49.